The molecule has 4 heteroatoms. The number of hydrogen-bond acceptors (Lipinski definition) is 1. The van der Waals surface area contributed by atoms with E-state index >= 15 is 0 Å². The molecular formula is C13H17FN2O. The maximum atomic E-state index is 13.0. The lowest BCUT2D eigenvalue weighted by Crippen LogP contribution is -2.44. The molecule has 1 heterocycles. The molecule has 1 saturated heterocycles. The summed E-state index contributed by atoms with van der Waals surface area (Å²) in [7, 11) is 0. The van der Waals surface area contributed by atoms with Gasteiger partial charge in [0.15, 0.2) is 0 Å². The molecule has 1 aliphatic rings. The monoisotopic (exact) mass is 236 g/mol. The van der Waals surface area contributed by atoms with Crippen LogP contribution in [0.3, 0.4) is 0 Å². The van der Waals surface area contributed by atoms with Crippen molar-refractivity contribution in [3.63, 3.8) is 0 Å². The molecule has 0 aliphatic carbocycles. The van der Waals surface area contributed by atoms with Crippen molar-refractivity contribution >= 4 is 11.7 Å². The molecule has 1 aliphatic heterocycles. The topological polar surface area (TPSA) is 32.3 Å². The molecule has 0 saturated carbocycles. The van der Waals surface area contributed by atoms with Crippen LogP contribution in [0.2, 0.25) is 0 Å². The van der Waals surface area contributed by atoms with E-state index in [1.54, 1.807) is 12.1 Å². The molecule has 1 fully saturated rings. The molecule has 0 aromatic heterocycles. The minimum Gasteiger partial charge on any atom is -0.322 e. The van der Waals surface area contributed by atoms with Gasteiger partial charge in [0, 0.05) is 18.3 Å². The van der Waals surface area contributed by atoms with Crippen molar-refractivity contribution in [3.05, 3.63) is 30.1 Å². The van der Waals surface area contributed by atoms with E-state index in [0.29, 0.717) is 5.69 Å². The highest BCUT2D eigenvalue weighted by atomic mass is 19.1. The maximum Gasteiger partial charge on any atom is 0.322 e. The summed E-state index contributed by atoms with van der Waals surface area (Å²) < 4.78 is 13.0. The molecular weight excluding hydrogens is 219 g/mol. The summed E-state index contributed by atoms with van der Waals surface area (Å²) in [5.74, 6) is -0.338. The molecule has 0 radical (unpaired) electrons. The van der Waals surface area contributed by atoms with Crippen LogP contribution in [0.5, 0.6) is 0 Å². The zero-order valence-corrected chi connectivity index (χ0v) is 9.95. The molecule has 1 atom stereocenters. The summed E-state index contributed by atoms with van der Waals surface area (Å²) in [5, 5.41) is 2.73. The number of carbonyl (C=O) groups is 1. The Balaban J connectivity index is 2.01. The lowest BCUT2D eigenvalue weighted by molar-refractivity contribution is 0.170. The van der Waals surface area contributed by atoms with Gasteiger partial charge in [0.05, 0.1) is 0 Å². The number of benzene rings is 1. The second kappa shape index (κ2) is 5.17. The van der Waals surface area contributed by atoms with Gasteiger partial charge in [-0.25, -0.2) is 9.18 Å². The van der Waals surface area contributed by atoms with Gasteiger partial charge < -0.3 is 10.2 Å². The van der Waals surface area contributed by atoms with Crippen molar-refractivity contribution in [3.8, 4) is 0 Å². The smallest absolute Gasteiger partial charge is 0.322 e. The third-order valence-corrected chi connectivity index (χ3v) is 3.14. The Labute approximate surface area is 101 Å². The lowest BCUT2D eigenvalue weighted by atomic mass is 10.0. The van der Waals surface area contributed by atoms with E-state index in [-0.39, 0.29) is 17.9 Å². The Morgan fingerprint density at radius 3 is 3.00 bits per heavy atom. The van der Waals surface area contributed by atoms with E-state index in [4.69, 9.17) is 0 Å². The molecule has 0 bridgehead atoms. The molecule has 3 nitrogen and oxygen atoms in total. The third-order valence-electron chi connectivity index (χ3n) is 3.14. The van der Waals surface area contributed by atoms with Crippen LogP contribution in [-0.4, -0.2) is 23.5 Å². The molecule has 1 aromatic carbocycles. The molecule has 17 heavy (non-hydrogen) atoms. The van der Waals surface area contributed by atoms with Crippen LogP contribution >= 0.6 is 0 Å². The summed E-state index contributed by atoms with van der Waals surface area (Å²) in [4.78, 5) is 13.8. The summed E-state index contributed by atoms with van der Waals surface area (Å²) >= 11 is 0. The van der Waals surface area contributed by atoms with Gasteiger partial charge in [0.25, 0.3) is 0 Å². The number of anilines is 1. The number of urea groups is 1. The van der Waals surface area contributed by atoms with Gasteiger partial charge >= 0.3 is 6.03 Å². The first kappa shape index (κ1) is 11.9. The Hall–Kier alpha value is -1.58. The number of halogens is 1. The first-order chi connectivity index (χ1) is 8.16. The Morgan fingerprint density at radius 1 is 1.47 bits per heavy atom. The van der Waals surface area contributed by atoms with E-state index in [9.17, 15) is 9.18 Å². The highest BCUT2D eigenvalue weighted by molar-refractivity contribution is 5.89. The molecule has 0 spiro atoms. The van der Waals surface area contributed by atoms with E-state index in [2.05, 4.69) is 5.32 Å². The Morgan fingerprint density at radius 2 is 2.29 bits per heavy atom. The standard InChI is InChI=1S/C13H17FN2O/c1-10-5-2-3-8-16(10)13(17)15-12-7-4-6-11(14)9-12/h4,6-7,9-10H,2-3,5,8H2,1H3,(H,15,17)/t10-/m1/s1. The number of nitrogens with one attached hydrogen (secondary N) is 1. The highest BCUT2D eigenvalue weighted by Gasteiger charge is 2.22. The van der Waals surface area contributed by atoms with E-state index in [1.807, 2.05) is 11.8 Å². The summed E-state index contributed by atoms with van der Waals surface area (Å²) in [6.07, 6.45) is 3.25. The summed E-state index contributed by atoms with van der Waals surface area (Å²) in [6, 6.07) is 6.09. The minimum atomic E-state index is -0.338. The van der Waals surface area contributed by atoms with Gasteiger partial charge in [-0.05, 0) is 44.4 Å². The normalized spacial score (nSPS) is 20.1. The Kier molecular flexibility index (Phi) is 3.61. The van der Waals surface area contributed by atoms with Gasteiger partial charge in [-0.1, -0.05) is 6.07 Å². The second-order valence-corrected chi connectivity index (χ2v) is 4.48. The van der Waals surface area contributed by atoms with Crippen LogP contribution in [0.1, 0.15) is 26.2 Å². The lowest BCUT2D eigenvalue weighted by Gasteiger charge is -2.33. The fraction of sp³-hybridized carbons (Fsp3) is 0.462. The molecule has 2 amide bonds. The molecule has 2 rings (SSSR count). The fourth-order valence-electron chi connectivity index (χ4n) is 2.16. The number of hydrogen-bond donors (Lipinski definition) is 1. The van der Waals surface area contributed by atoms with Gasteiger partial charge in [0.1, 0.15) is 5.82 Å². The van der Waals surface area contributed by atoms with Gasteiger partial charge in [-0.2, -0.15) is 0 Å². The van der Waals surface area contributed by atoms with Crippen LogP contribution in [0.15, 0.2) is 24.3 Å². The molecule has 1 N–H and O–H groups in total. The van der Waals surface area contributed by atoms with Gasteiger partial charge in [-0.15, -0.1) is 0 Å². The molecule has 92 valence electrons. The first-order valence-corrected chi connectivity index (χ1v) is 6.00. The zero-order valence-electron chi connectivity index (χ0n) is 9.95. The van der Waals surface area contributed by atoms with E-state index in [1.165, 1.54) is 18.6 Å². The third kappa shape index (κ3) is 2.96. The maximum absolute atomic E-state index is 13.0. The quantitative estimate of drug-likeness (QED) is 0.797. The van der Waals surface area contributed by atoms with Crippen molar-refractivity contribution in [1.29, 1.82) is 0 Å². The summed E-state index contributed by atoms with van der Waals surface area (Å²) in [5.41, 5.74) is 0.507. The van der Waals surface area contributed by atoms with Crippen LogP contribution < -0.4 is 5.32 Å². The van der Waals surface area contributed by atoms with E-state index in [0.717, 1.165) is 19.4 Å². The van der Waals surface area contributed by atoms with Gasteiger partial charge in [-0.3, -0.25) is 0 Å². The number of carbonyl (C=O) groups excluding carboxylic acids is 1. The number of rotatable bonds is 1. The summed E-state index contributed by atoms with van der Waals surface area (Å²) in [6.45, 7) is 2.83. The highest BCUT2D eigenvalue weighted by Crippen LogP contribution is 2.18. The van der Waals surface area contributed by atoms with Crippen LogP contribution in [0.25, 0.3) is 0 Å². The van der Waals surface area contributed by atoms with Crippen LogP contribution in [-0.2, 0) is 0 Å². The number of piperidine rings is 1. The first-order valence-electron chi connectivity index (χ1n) is 6.00. The average molecular weight is 236 g/mol. The predicted molar refractivity (Wildman–Crippen MR) is 65.4 cm³/mol. The zero-order chi connectivity index (χ0) is 12.3. The second-order valence-electron chi connectivity index (χ2n) is 4.48. The minimum absolute atomic E-state index is 0.136. The fourth-order valence-corrected chi connectivity index (χ4v) is 2.16. The van der Waals surface area contributed by atoms with Crippen molar-refractivity contribution in [2.45, 2.75) is 32.2 Å². The van der Waals surface area contributed by atoms with Crippen molar-refractivity contribution < 1.29 is 9.18 Å². The van der Waals surface area contributed by atoms with Crippen LogP contribution in [0, 0.1) is 5.82 Å². The number of amides is 2. The average Bonchev–Trinajstić information content (AvgIpc) is 2.29. The SMILES string of the molecule is C[C@@H]1CCCCN1C(=O)Nc1cccc(F)c1. The Bertz CT molecular complexity index is 408. The number of nitrogens with zero attached hydrogens (tertiary/aromatic N) is 1. The van der Waals surface area contributed by atoms with Crippen molar-refractivity contribution in [2.75, 3.05) is 11.9 Å². The van der Waals surface area contributed by atoms with E-state index < -0.39 is 0 Å². The molecule has 1 aromatic rings. The van der Waals surface area contributed by atoms with Crippen molar-refractivity contribution in [1.82, 2.24) is 4.90 Å². The molecule has 0 unspecified atom stereocenters. The van der Waals surface area contributed by atoms with Crippen molar-refractivity contribution in [2.24, 2.45) is 0 Å². The predicted octanol–water partition coefficient (Wildman–Crippen LogP) is 3.23. The number of likely N-dealkylation sites (tertiary alicyclic amines) is 1. The van der Waals surface area contributed by atoms with Crippen LogP contribution in [0.4, 0.5) is 14.9 Å². The largest absolute Gasteiger partial charge is 0.322 e. The van der Waals surface area contributed by atoms with Gasteiger partial charge in [0.2, 0.25) is 0 Å².